The van der Waals surface area contributed by atoms with Gasteiger partial charge in [0.2, 0.25) is 11.1 Å². The molecule has 1 heterocycles. The monoisotopic (exact) mass is 403 g/mol. The van der Waals surface area contributed by atoms with Crippen molar-refractivity contribution in [1.29, 1.82) is 0 Å². The van der Waals surface area contributed by atoms with E-state index in [4.69, 9.17) is 16.3 Å². The van der Waals surface area contributed by atoms with Gasteiger partial charge in [-0.25, -0.2) is 0 Å². The van der Waals surface area contributed by atoms with Gasteiger partial charge in [0.25, 0.3) is 0 Å². The minimum atomic E-state index is -0.190. The Morgan fingerprint density at radius 3 is 2.70 bits per heavy atom. The van der Waals surface area contributed by atoms with Crippen molar-refractivity contribution in [3.8, 4) is 11.4 Å². The van der Waals surface area contributed by atoms with Crippen LogP contribution in [0.2, 0.25) is 5.02 Å². The lowest BCUT2D eigenvalue weighted by molar-refractivity contribution is -0.119. The molecule has 0 aliphatic carbocycles. The average Bonchev–Trinajstić information content (AvgIpc) is 3.15. The number of carbonyl (C=O) groups excluding carboxylic acids is 1. The quantitative estimate of drug-likeness (QED) is 0.609. The largest absolute Gasteiger partial charge is 0.497 e. The van der Waals surface area contributed by atoms with E-state index in [1.807, 2.05) is 49.4 Å². The number of aromatic nitrogens is 4. The van der Waals surface area contributed by atoms with E-state index in [0.29, 0.717) is 10.2 Å². The van der Waals surface area contributed by atoms with E-state index in [2.05, 4.69) is 20.8 Å². The van der Waals surface area contributed by atoms with Crippen LogP contribution >= 0.6 is 23.4 Å². The lowest BCUT2D eigenvalue weighted by Gasteiger charge is -2.15. The van der Waals surface area contributed by atoms with Gasteiger partial charge in [-0.3, -0.25) is 4.79 Å². The Balaban J connectivity index is 1.61. The molecule has 1 atom stereocenters. The highest BCUT2D eigenvalue weighted by molar-refractivity contribution is 7.99. The second-order valence-electron chi connectivity index (χ2n) is 5.67. The number of carbonyl (C=O) groups is 1. The van der Waals surface area contributed by atoms with Crippen LogP contribution < -0.4 is 10.1 Å². The van der Waals surface area contributed by atoms with Crippen molar-refractivity contribution in [3.63, 3.8) is 0 Å². The van der Waals surface area contributed by atoms with Gasteiger partial charge in [-0.05, 0) is 53.2 Å². The molecule has 0 saturated heterocycles. The van der Waals surface area contributed by atoms with E-state index in [1.165, 1.54) is 11.8 Å². The maximum absolute atomic E-state index is 12.3. The normalized spacial score (nSPS) is 11.8. The molecule has 0 fully saturated rings. The van der Waals surface area contributed by atoms with Crippen molar-refractivity contribution in [2.24, 2.45) is 0 Å². The van der Waals surface area contributed by atoms with Gasteiger partial charge in [0.1, 0.15) is 5.75 Å². The van der Waals surface area contributed by atoms with Crippen molar-refractivity contribution < 1.29 is 9.53 Å². The second-order valence-corrected chi connectivity index (χ2v) is 7.02. The van der Waals surface area contributed by atoms with E-state index < -0.39 is 0 Å². The first-order chi connectivity index (χ1) is 13.1. The molecular formula is C18H18ClN5O2S. The Morgan fingerprint density at radius 2 is 2.00 bits per heavy atom. The molecule has 3 aromatic rings. The molecule has 0 bridgehead atoms. The molecule has 27 heavy (non-hydrogen) atoms. The smallest absolute Gasteiger partial charge is 0.230 e. The molecule has 7 nitrogen and oxygen atoms in total. The predicted molar refractivity (Wildman–Crippen MR) is 104 cm³/mol. The minimum absolute atomic E-state index is 0.128. The first-order valence-corrected chi connectivity index (χ1v) is 9.54. The number of halogens is 1. The fraction of sp³-hybridized carbons (Fsp3) is 0.222. The molecule has 1 amide bonds. The van der Waals surface area contributed by atoms with Gasteiger partial charge < -0.3 is 10.1 Å². The third-order valence-corrected chi connectivity index (χ3v) is 5.10. The molecule has 3 rings (SSSR count). The first-order valence-electron chi connectivity index (χ1n) is 8.18. The summed E-state index contributed by atoms with van der Waals surface area (Å²) in [6.07, 6.45) is 0. The van der Waals surface area contributed by atoms with Crippen molar-refractivity contribution in [2.45, 2.75) is 18.1 Å². The molecule has 1 N–H and O–H groups in total. The summed E-state index contributed by atoms with van der Waals surface area (Å²) < 4.78 is 6.73. The number of hydrogen-bond acceptors (Lipinski definition) is 6. The molecule has 0 aliphatic rings. The summed E-state index contributed by atoms with van der Waals surface area (Å²) in [5.74, 6) is 0.802. The number of rotatable bonds is 7. The number of nitrogens with zero attached hydrogens (tertiary/aromatic N) is 4. The summed E-state index contributed by atoms with van der Waals surface area (Å²) in [5.41, 5.74) is 1.66. The summed E-state index contributed by atoms with van der Waals surface area (Å²) in [6.45, 7) is 1.89. The number of ether oxygens (including phenoxy) is 1. The molecule has 140 valence electrons. The van der Waals surface area contributed by atoms with E-state index in [1.54, 1.807) is 17.9 Å². The molecule has 1 unspecified atom stereocenters. The zero-order valence-corrected chi connectivity index (χ0v) is 16.4. The number of hydrogen-bond donors (Lipinski definition) is 1. The van der Waals surface area contributed by atoms with E-state index >= 15 is 0 Å². The maximum atomic E-state index is 12.3. The predicted octanol–water partition coefficient (Wildman–Crippen LogP) is 3.29. The van der Waals surface area contributed by atoms with E-state index in [9.17, 15) is 4.79 Å². The lowest BCUT2D eigenvalue weighted by atomic mass is 10.1. The van der Waals surface area contributed by atoms with Gasteiger partial charge >= 0.3 is 0 Å². The van der Waals surface area contributed by atoms with E-state index in [0.717, 1.165) is 17.0 Å². The summed E-state index contributed by atoms with van der Waals surface area (Å²) in [7, 11) is 1.61. The van der Waals surface area contributed by atoms with Crippen LogP contribution in [0.3, 0.4) is 0 Å². The van der Waals surface area contributed by atoms with Crippen LogP contribution in [0.15, 0.2) is 53.7 Å². The Labute approximate surface area is 166 Å². The van der Waals surface area contributed by atoms with E-state index in [-0.39, 0.29) is 17.7 Å². The van der Waals surface area contributed by atoms with Crippen LogP contribution in [0.1, 0.15) is 18.5 Å². The second kappa shape index (κ2) is 8.88. The zero-order chi connectivity index (χ0) is 19.2. The van der Waals surface area contributed by atoms with Gasteiger partial charge in [0, 0.05) is 5.02 Å². The standard InChI is InChI=1S/C18H18ClN5O2S/c1-12(15-5-3-4-6-16(15)19)20-17(25)11-27-18-21-22-23-24(18)13-7-9-14(26-2)10-8-13/h3-10,12H,11H2,1-2H3,(H,20,25). The van der Waals surface area contributed by atoms with Gasteiger partial charge in [-0.15, -0.1) is 5.10 Å². The van der Waals surface area contributed by atoms with Gasteiger partial charge in [-0.1, -0.05) is 41.6 Å². The van der Waals surface area contributed by atoms with Crippen molar-refractivity contribution in [3.05, 3.63) is 59.1 Å². The number of tetrazole rings is 1. The molecular weight excluding hydrogens is 386 g/mol. The maximum Gasteiger partial charge on any atom is 0.230 e. The Kier molecular flexibility index (Phi) is 6.31. The fourth-order valence-electron chi connectivity index (χ4n) is 2.47. The van der Waals surface area contributed by atoms with Crippen LogP contribution in [0, 0.1) is 0 Å². The summed E-state index contributed by atoms with van der Waals surface area (Å²) in [5, 5.41) is 15.8. The highest BCUT2D eigenvalue weighted by atomic mass is 35.5. The Bertz CT molecular complexity index is 916. The van der Waals surface area contributed by atoms with Crippen LogP contribution in [0.25, 0.3) is 5.69 Å². The Morgan fingerprint density at radius 1 is 1.26 bits per heavy atom. The van der Waals surface area contributed by atoms with Gasteiger partial charge in [0.15, 0.2) is 0 Å². The highest BCUT2D eigenvalue weighted by Gasteiger charge is 2.15. The number of nitrogens with one attached hydrogen (secondary N) is 1. The summed E-state index contributed by atoms with van der Waals surface area (Å²) in [4.78, 5) is 12.3. The minimum Gasteiger partial charge on any atom is -0.497 e. The van der Waals surface area contributed by atoms with Crippen molar-refractivity contribution >= 4 is 29.3 Å². The van der Waals surface area contributed by atoms with Gasteiger partial charge in [0.05, 0.1) is 24.6 Å². The molecule has 0 spiro atoms. The molecule has 2 aromatic carbocycles. The number of thioether (sulfide) groups is 1. The zero-order valence-electron chi connectivity index (χ0n) is 14.8. The molecule has 0 radical (unpaired) electrons. The highest BCUT2D eigenvalue weighted by Crippen LogP contribution is 2.23. The molecule has 9 heteroatoms. The third kappa shape index (κ3) is 4.78. The van der Waals surface area contributed by atoms with Crippen LogP contribution in [-0.2, 0) is 4.79 Å². The van der Waals surface area contributed by atoms with Crippen LogP contribution in [0.4, 0.5) is 0 Å². The number of methoxy groups -OCH3 is 1. The molecule has 0 aliphatic heterocycles. The summed E-state index contributed by atoms with van der Waals surface area (Å²) in [6, 6.07) is 14.6. The number of benzene rings is 2. The fourth-order valence-corrected chi connectivity index (χ4v) is 3.47. The van der Waals surface area contributed by atoms with Gasteiger partial charge in [-0.2, -0.15) is 4.68 Å². The Hall–Kier alpha value is -2.58. The SMILES string of the molecule is COc1ccc(-n2nnnc2SCC(=O)NC(C)c2ccccc2Cl)cc1. The third-order valence-electron chi connectivity index (χ3n) is 3.84. The lowest BCUT2D eigenvalue weighted by Crippen LogP contribution is -2.28. The van der Waals surface area contributed by atoms with Crippen molar-refractivity contribution in [2.75, 3.05) is 12.9 Å². The molecule has 0 saturated carbocycles. The van der Waals surface area contributed by atoms with Crippen molar-refractivity contribution in [1.82, 2.24) is 25.5 Å². The number of amides is 1. The topological polar surface area (TPSA) is 81.9 Å². The average molecular weight is 404 g/mol. The van der Waals surface area contributed by atoms with Crippen LogP contribution in [0.5, 0.6) is 5.75 Å². The van der Waals surface area contributed by atoms with Crippen LogP contribution in [-0.4, -0.2) is 39.0 Å². The summed E-state index contributed by atoms with van der Waals surface area (Å²) >= 11 is 7.43. The molecule has 1 aromatic heterocycles. The first kappa shape index (κ1) is 19.2.